The number of hydrogen-bond acceptors (Lipinski definition) is 3. The Balaban J connectivity index is 2.30. The van der Waals surface area contributed by atoms with Gasteiger partial charge in [0.25, 0.3) is 0 Å². The first kappa shape index (κ1) is 16.0. The number of hydrogen-bond donors (Lipinski definition) is 3. The average molecular weight is 285 g/mol. The second-order valence-electron chi connectivity index (χ2n) is 4.45. The smallest absolute Gasteiger partial charge is 0.238 e. The van der Waals surface area contributed by atoms with E-state index in [2.05, 4.69) is 17.6 Å². The van der Waals surface area contributed by atoms with Gasteiger partial charge in [-0.25, -0.2) is 0 Å². The number of rotatable bonds is 8. The molecule has 1 atom stereocenters. The van der Waals surface area contributed by atoms with Crippen LogP contribution in [-0.4, -0.2) is 30.7 Å². The van der Waals surface area contributed by atoms with Gasteiger partial charge >= 0.3 is 0 Å². The van der Waals surface area contributed by atoms with Gasteiger partial charge in [0.05, 0.1) is 17.3 Å². The molecule has 1 aromatic rings. The van der Waals surface area contributed by atoms with Gasteiger partial charge in [0.15, 0.2) is 0 Å². The third-order valence-corrected chi connectivity index (χ3v) is 3.31. The summed E-state index contributed by atoms with van der Waals surface area (Å²) in [5.41, 5.74) is 0.623. The summed E-state index contributed by atoms with van der Waals surface area (Å²) in [5.74, 6) is 0.282. The predicted octanol–water partition coefficient (Wildman–Crippen LogP) is 2.28. The maximum atomic E-state index is 11.7. The van der Waals surface area contributed by atoms with Crippen molar-refractivity contribution >= 4 is 23.2 Å². The fourth-order valence-corrected chi connectivity index (χ4v) is 1.96. The van der Waals surface area contributed by atoms with Gasteiger partial charge in [0, 0.05) is 6.61 Å². The largest absolute Gasteiger partial charge is 0.396 e. The van der Waals surface area contributed by atoms with Crippen LogP contribution in [0.2, 0.25) is 5.02 Å². The van der Waals surface area contributed by atoms with Gasteiger partial charge in [-0.15, -0.1) is 0 Å². The molecule has 3 N–H and O–H groups in total. The fraction of sp³-hybridized carbons (Fsp3) is 0.500. The zero-order valence-electron chi connectivity index (χ0n) is 11.2. The Morgan fingerprint density at radius 2 is 2.16 bits per heavy atom. The van der Waals surface area contributed by atoms with Crippen molar-refractivity contribution in [2.45, 2.75) is 19.8 Å². The predicted molar refractivity (Wildman–Crippen MR) is 78.4 cm³/mol. The quantitative estimate of drug-likeness (QED) is 0.686. The van der Waals surface area contributed by atoms with E-state index in [1.165, 1.54) is 0 Å². The highest BCUT2D eigenvalue weighted by molar-refractivity contribution is 6.33. The molecule has 1 rings (SSSR count). The minimum absolute atomic E-state index is 0.119. The van der Waals surface area contributed by atoms with Crippen molar-refractivity contribution in [3.05, 3.63) is 29.3 Å². The Labute approximate surface area is 119 Å². The van der Waals surface area contributed by atoms with E-state index in [0.29, 0.717) is 16.6 Å². The second-order valence-corrected chi connectivity index (χ2v) is 4.85. The van der Waals surface area contributed by atoms with E-state index in [0.717, 1.165) is 19.4 Å². The van der Waals surface area contributed by atoms with E-state index in [1.54, 1.807) is 12.1 Å². The first-order chi connectivity index (χ1) is 9.17. The standard InChI is InChI=1S/C14H21ClN2O2/c1-2-11(7-8-18)9-16-10-14(19)17-13-6-4-3-5-12(13)15/h3-6,11,16,18H,2,7-10H2,1H3,(H,17,19). The number of aliphatic hydroxyl groups excluding tert-OH is 1. The van der Waals surface area contributed by atoms with Gasteiger partial charge in [0.2, 0.25) is 5.91 Å². The molecule has 0 bridgehead atoms. The lowest BCUT2D eigenvalue weighted by atomic mass is 10.0. The summed E-state index contributed by atoms with van der Waals surface area (Å²) < 4.78 is 0. The van der Waals surface area contributed by atoms with Crippen molar-refractivity contribution < 1.29 is 9.90 Å². The number of aliphatic hydroxyl groups is 1. The van der Waals surface area contributed by atoms with Crippen LogP contribution < -0.4 is 10.6 Å². The Morgan fingerprint density at radius 1 is 1.42 bits per heavy atom. The Bertz CT molecular complexity index is 399. The van der Waals surface area contributed by atoms with Gasteiger partial charge in [-0.1, -0.05) is 37.1 Å². The summed E-state index contributed by atoms with van der Waals surface area (Å²) in [7, 11) is 0. The highest BCUT2D eigenvalue weighted by Gasteiger charge is 2.08. The molecule has 106 valence electrons. The molecule has 0 aliphatic carbocycles. The van der Waals surface area contributed by atoms with Crippen molar-refractivity contribution in [3.8, 4) is 0 Å². The van der Waals surface area contributed by atoms with Gasteiger partial charge in [0.1, 0.15) is 0 Å². The molecule has 0 saturated heterocycles. The molecule has 1 unspecified atom stereocenters. The number of benzene rings is 1. The van der Waals surface area contributed by atoms with Crippen LogP contribution in [0.25, 0.3) is 0 Å². The number of nitrogens with one attached hydrogen (secondary N) is 2. The molecular formula is C14H21ClN2O2. The maximum Gasteiger partial charge on any atom is 0.238 e. The van der Waals surface area contributed by atoms with E-state index in [1.807, 2.05) is 12.1 Å². The molecule has 5 heteroatoms. The monoisotopic (exact) mass is 284 g/mol. The maximum absolute atomic E-state index is 11.7. The molecule has 0 saturated carbocycles. The highest BCUT2D eigenvalue weighted by atomic mass is 35.5. The number of amides is 1. The number of carbonyl (C=O) groups is 1. The number of halogens is 1. The number of carbonyl (C=O) groups excluding carboxylic acids is 1. The van der Waals surface area contributed by atoms with Crippen molar-refractivity contribution in [2.24, 2.45) is 5.92 Å². The average Bonchev–Trinajstić information content (AvgIpc) is 2.40. The summed E-state index contributed by atoms with van der Waals surface area (Å²) >= 11 is 5.95. The minimum Gasteiger partial charge on any atom is -0.396 e. The van der Waals surface area contributed by atoms with Crippen LogP contribution in [0.5, 0.6) is 0 Å². The van der Waals surface area contributed by atoms with E-state index >= 15 is 0 Å². The molecule has 0 radical (unpaired) electrons. The molecule has 0 spiro atoms. The lowest BCUT2D eigenvalue weighted by Gasteiger charge is -2.14. The minimum atomic E-state index is -0.119. The number of anilines is 1. The van der Waals surface area contributed by atoms with Crippen LogP contribution in [-0.2, 0) is 4.79 Å². The molecule has 1 amide bonds. The molecular weight excluding hydrogens is 264 g/mol. The summed E-state index contributed by atoms with van der Waals surface area (Å²) in [6, 6.07) is 7.14. The second kappa shape index (κ2) is 8.91. The summed E-state index contributed by atoms with van der Waals surface area (Å²) in [4.78, 5) is 11.7. The molecule has 0 fully saturated rings. The van der Waals surface area contributed by atoms with E-state index in [9.17, 15) is 4.79 Å². The van der Waals surface area contributed by atoms with Crippen LogP contribution in [0, 0.1) is 5.92 Å². The van der Waals surface area contributed by atoms with Gasteiger partial charge in [-0.2, -0.15) is 0 Å². The molecule has 4 nitrogen and oxygen atoms in total. The van der Waals surface area contributed by atoms with Crippen molar-refractivity contribution in [2.75, 3.05) is 25.0 Å². The highest BCUT2D eigenvalue weighted by Crippen LogP contribution is 2.19. The van der Waals surface area contributed by atoms with Crippen LogP contribution in [0.4, 0.5) is 5.69 Å². The Morgan fingerprint density at radius 3 is 2.79 bits per heavy atom. The van der Waals surface area contributed by atoms with Crippen LogP contribution in [0.15, 0.2) is 24.3 Å². The zero-order valence-corrected chi connectivity index (χ0v) is 11.9. The molecule has 1 aromatic carbocycles. The van der Waals surface area contributed by atoms with Crippen LogP contribution in [0.1, 0.15) is 19.8 Å². The SMILES string of the molecule is CCC(CCO)CNCC(=O)Nc1ccccc1Cl. The van der Waals surface area contributed by atoms with Crippen molar-refractivity contribution in [3.63, 3.8) is 0 Å². The summed E-state index contributed by atoms with van der Waals surface area (Å²) in [5, 5.41) is 15.3. The molecule has 0 aromatic heterocycles. The van der Waals surface area contributed by atoms with Crippen LogP contribution in [0.3, 0.4) is 0 Å². The van der Waals surface area contributed by atoms with Crippen molar-refractivity contribution in [1.82, 2.24) is 5.32 Å². The van der Waals surface area contributed by atoms with E-state index in [-0.39, 0.29) is 19.1 Å². The summed E-state index contributed by atoms with van der Waals surface area (Å²) in [6.07, 6.45) is 1.75. The van der Waals surface area contributed by atoms with E-state index < -0.39 is 0 Å². The van der Waals surface area contributed by atoms with Gasteiger partial charge in [-0.3, -0.25) is 4.79 Å². The molecule has 0 aliphatic heterocycles. The molecule has 0 aliphatic rings. The molecule has 0 heterocycles. The lowest BCUT2D eigenvalue weighted by molar-refractivity contribution is -0.115. The van der Waals surface area contributed by atoms with E-state index in [4.69, 9.17) is 16.7 Å². The third-order valence-electron chi connectivity index (χ3n) is 2.98. The third kappa shape index (κ3) is 6.05. The topological polar surface area (TPSA) is 61.4 Å². The summed E-state index contributed by atoms with van der Waals surface area (Å²) in [6.45, 7) is 3.23. The molecule has 19 heavy (non-hydrogen) atoms. The lowest BCUT2D eigenvalue weighted by Crippen LogP contribution is -2.32. The zero-order chi connectivity index (χ0) is 14.1. The normalized spacial score (nSPS) is 12.2. The Hall–Kier alpha value is -1.10. The Kier molecular flexibility index (Phi) is 7.48. The van der Waals surface area contributed by atoms with Gasteiger partial charge in [-0.05, 0) is 31.0 Å². The fourth-order valence-electron chi connectivity index (χ4n) is 1.78. The van der Waals surface area contributed by atoms with Gasteiger partial charge < -0.3 is 15.7 Å². The number of para-hydroxylation sites is 1. The first-order valence-corrected chi connectivity index (χ1v) is 6.91. The van der Waals surface area contributed by atoms with Crippen molar-refractivity contribution in [1.29, 1.82) is 0 Å². The van der Waals surface area contributed by atoms with Crippen LogP contribution >= 0.6 is 11.6 Å². The first-order valence-electron chi connectivity index (χ1n) is 6.53.